The fourth-order valence-electron chi connectivity index (χ4n) is 3.02. The third-order valence-corrected chi connectivity index (χ3v) is 7.02. The lowest BCUT2D eigenvalue weighted by molar-refractivity contribution is 0.133. The Morgan fingerprint density at radius 2 is 1.69 bits per heavy atom. The Morgan fingerprint density at radius 1 is 1.08 bits per heavy atom. The van der Waals surface area contributed by atoms with Crippen molar-refractivity contribution in [1.29, 1.82) is 0 Å². The van der Waals surface area contributed by atoms with E-state index in [4.69, 9.17) is 4.74 Å². The number of aliphatic hydroxyl groups excluding tert-OH is 1. The first-order valence-corrected chi connectivity index (χ1v) is 11.0. The van der Waals surface area contributed by atoms with Crippen LogP contribution in [0.2, 0.25) is 0 Å². The summed E-state index contributed by atoms with van der Waals surface area (Å²) in [5.41, 5.74) is 0.614. The van der Waals surface area contributed by atoms with Crippen molar-refractivity contribution >= 4 is 26.0 Å². The number of ether oxygens (including phenoxy) is 1. The molecular formula is C19H22BrNO4S. The van der Waals surface area contributed by atoms with Gasteiger partial charge >= 0.3 is 0 Å². The third-order valence-electron chi connectivity index (χ3n) is 4.48. The van der Waals surface area contributed by atoms with Crippen LogP contribution in [-0.4, -0.2) is 42.8 Å². The van der Waals surface area contributed by atoms with Crippen LogP contribution in [0.3, 0.4) is 0 Å². The van der Waals surface area contributed by atoms with E-state index in [0.717, 1.165) is 10.2 Å². The van der Waals surface area contributed by atoms with Crippen LogP contribution in [0.1, 0.15) is 24.5 Å². The average molecular weight is 440 g/mol. The first kappa shape index (κ1) is 19.4. The van der Waals surface area contributed by atoms with E-state index in [1.165, 1.54) is 4.31 Å². The van der Waals surface area contributed by atoms with Crippen molar-refractivity contribution in [2.24, 2.45) is 0 Å². The fourth-order valence-corrected chi connectivity index (χ4v) is 4.97. The SMILES string of the molecule is O=S(=O)(C[C@H](O)c1ccccc1)N1CCC(Oc2ccccc2Br)CC1. The molecule has 1 aliphatic rings. The molecule has 1 fully saturated rings. The van der Waals surface area contributed by atoms with E-state index in [0.29, 0.717) is 31.5 Å². The second-order valence-electron chi connectivity index (χ2n) is 6.35. The summed E-state index contributed by atoms with van der Waals surface area (Å²) in [5.74, 6) is 0.473. The van der Waals surface area contributed by atoms with Crippen LogP contribution in [0, 0.1) is 0 Å². The van der Waals surface area contributed by atoms with E-state index in [1.807, 2.05) is 30.3 Å². The van der Waals surface area contributed by atoms with Gasteiger partial charge in [0.2, 0.25) is 10.0 Å². The number of para-hydroxylation sites is 1. The molecule has 1 saturated heterocycles. The van der Waals surface area contributed by atoms with Gasteiger partial charge < -0.3 is 9.84 Å². The molecule has 1 heterocycles. The van der Waals surface area contributed by atoms with E-state index < -0.39 is 16.1 Å². The first-order valence-electron chi connectivity index (χ1n) is 8.58. The van der Waals surface area contributed by atoms with Gasteiger partial charge in [-0.1, -0.05) is 42.5 Å². The third kappa shape index (κ3) is 4.85. The summed E-state index contributed by atoms with van der Waals surface area (Å²) in [5, 5.41) is 10.2. The van der Waals surface area contributed by atoms with Crippen LogP contribution < -0.4 is 4.74 Å². The quantitative estimate of drug-likeness (QED) is 0.748. The molecule has 0 saturated carbocycles. The van der Waals surface area contributed by atoms with Gasteiger partial charge in [0.15, 0.2) is 0 Å². The van der Waals surface area contributed by atoms with Gasteiger partial charge in [-0.3, -0.25) is 0 Å². The number of hydrogen-bond acceptors (Lipinski definition) is 4. The molecule has 0 spiro atoms. The number of piperidine rings is 1. The maximum Gasteiger partial charge on any atom is 0.217 e. The largest absolute Gasteiger partial charge is 0.489 e. The summed E-state index contributed by atoms with van der Waals surface area (Å²) in [6.07, 6.45) is 0.221. The van der Waals surface area contributed by atoms with Crippen LogP contribution in [-0.2, 0) is 10.0 Å². The molecule has 140 valence electrons. The minimum Gasteiger partial charge on any atom is -0.489 e. The van der Waals surface area contributed by atoms with Crippen molar-refractivity contribution in [3.05, 3.63) is 64.6 Å². The Balaban J connectivity index is 1.56. The van der Waals surface area contributed by atoms with Crippen molar-refractivity contribution in [1.82, 2.24) is 4.31 Å². The number of rotatable bonds is 6. The molecule has 5 nitrogen and oxygen atoms in total. The van der Waals surface area contributed by atoms with Gasteiger partial charge in [0.05, 0.1) is 16.3 Å². The molecule has 0 bridgehead atoms. The number of hydrogen-bond donors (Lipinski definition) is 1. The van der Waals surface area contributed by atoms with Crippen molar-refractivity contribution in [3.63, 3.8) is 0 Å². The summed E-state index contributed by atoms with van der Waals surface area (Å²) in [7, 11) is -3.52. The molecule has 26 heavy (non-hydrogen) atoms. The van der Waals surface area contributed by atoms with Gasteiger partial charge in [0, 0.05) is 13.1 Å². The highest BCUT2D eigenvalue weighted by atomic mass is 79.9. The van der Waals surface area contributed by atoms with Gasteiger partial charge in [-0.05, 0) is 46.5 Å². The topological polar surface area (TPSA) is 66.8 Å². The molecule has 0 aliphatic carbocycles. The number of aliphatic hydroxyl groups is 1. The molecule has 2 aromatic carbocycles. The number of nitrogens with zero attached hydrogens (tertiary/aromatic N) is 1. The molecule has 3 rings (SSSR count). The van der Waals surface area contributed by atoms with Crippen LogP contribution in [0.5, 0.6) is 5.75 Å². The standard InChI is InChI=1S/C19H22BrNO4S/c20-17-8-4-5-9-19(17)25-16-10-12-21(13-11-16)26(23,24)14-18(22)15-6-2-1-3-7-15/h1-9,16,18,22H,10-14H2/t18-/m0/s1. The average Bonchev–Trinajstić information content (AvgIpc) is 2.64. The van der Waals surface area contributed by atoms with Crippen molar-refractivity contribution in [2.45, 2.75) is 25.0 Å². The molecule has 0 unspecified atom stereocenters. The van der Waals surface area contributed by atoms with E-state index in [9.17, 15) is 13.5 Å². The van der Waals surface area contributed by atoms with Crippen LogP contribution >= 0.6 is 15.9 Å². The van der Waals surface area contributed by atoms with E-state index in [1.54, 1.807) is 24.3 Å². The second kappa shape index (κ2) is 8.52. The lowest BCUT2D eigenvalue weighted by Crippen LogP contribution is -2.43. The Bertz CT molecular complexity index is 820. The minimum atomic E-state index is -3.52. The molecular weight excluding hydrogens is 418 g/mol. The Kier molecular flexibility index (Phi) is 6.34. The lowest BCUT2D eigenvalue weighted by Gasteiger charge is -2.32. The molecule has 0 radical (unpaired) electrons. The summed E-state index contributed by atoms with van der Waals surface area (Å²) in [6, 6.07) is 16.5. The molecule has 0 amide bonds. The highest BCUT2D eigenvalue weighted by Crippen LogP contribution is 2.28. The maximum atomic E-state index is 12.6. The van der Waals surface area contributed by atoms with Crippen molar-refractivity contribution in [3.8, 4) is 5.75 Å². The number of benzene rings is 2. The molecule has 1 atom stereocenters. The lowest BCUT2D eigenvalue weighted by atomic mass is 10.1. The van der Waals surface area contributed by atoms with E-state index in [2.05, 4.69) is 15.9 Å². The Labute approximate surface area is 162 Å². The Morgan fingerprint density at radius 3 is 2.35 bits per heavy atom. The predicted octanol–water partition coefficient (Wildman–Crippen LogP) is 3.36. The molecule has 7 heteroatoms. The summed E-state index contributed by atoms with van der Waals surface area (Å²) < 4.78 is 33.5. The smallest absolute Gasteiger partial charge is 0.217 e. The van der Waals surface area contributed by atoms with Crippen molar-refractivity contribution in [2.75, 3.05) is 18.8 Å². The summed E-state index contributed by atoms with van der Waals surface area (Å²) in [4.78, 5) is 0. The zero-order valence-electron chi connectivity index (χ0n) is 14.3. The summed E-state index contributed by atoms with van der Waals surface area (Å²) >= 11 is 3.46. The first-order chi connectivity index (χ1) is 12.5. The highest BCUT2D eigenvalue weighted by molar-refractivity contribution is 9.10. The predicted molar refractivity (Wildman–Crippen MR) is 105 cm³/mol. The van der Waals surface area contributed by atoms with Gasteiger partial charge in [0.25, 0.3) is 0 Å². The normalized spacial score (nSPS) is 17.8. The van der Waals surface area contributed by atoms with Crippen LogP contribution in [0.15, 0.2) is 59.1 Å². The molecule has 1 aliphatic heterocycles. The zero-order valence-corrected chi connectivity index (χ0v) is 16.7. The fraction of sp³-hybridized carbons (Fsp3) is 0.368. The monoisotopic (exact) mass is 439 g/mol. The molecule has 2 aromatic rings. The summed E-state index contributed by atoms with van der Waals surface area (Å²) in [6.45, 7) is 0.803. The highest BCUT2D eigenvalue weighted by Gasteiger charge is 2.31. The van der Waals surface area contributed by atoms with Gasteiger partial charge in [-0.15, -0.1) is 0 Å². The Hall–Kier alpha value is -1.41. The zero-order chi connectivity index (χ0) is 18.6. The minimum absolute atomic E-state index is 0.0146. The number of sulfonamides is 1. The van der Waals surface area contributed by atoms with Crippen LogP contribution in [0.25, 0.3) is 0 Å². The van der Waals surface area contributed by atoms with Crippen molar-refractivity contribution < 1.29 is 18.3 Å². The molecule has 0 aromatic heterocycles. The van der Waals surface area contributed by atoms with Gasteiger partial charge in [-0.25, -0.2) is 12.7 Å². The molecule has 1 N–H and O–H groups in total. The van der Waals surface area contributed by atoms with Crippen LogP contribution in [0.4, 0.5) is 0 Å². The maximum absolute atomic E-state index is 12.6. The van der Waals surface area contributed by atoms with Gasteiger partial charge in [0.1, 0.15) is 11.9 Å². The van der Waals surface area contributed by atoms with E-state index in [-0.39, 0.29) is 11.9 Å². The van der Waals surface area contributed by atoms with Gasteiger partial charge in [-0.2, -0.15) is 0 Å². The second-order valence-corrected chi connectivity index (χ2v) is 9.22. The van der Waals surface area contributed by atoms with E-state index >= 15 is 0 Å². The number of halogens is 1.